The molecule has 0 aromatic carbocycles. The standard InChI is InChI=1S/C6H8O2.FH.K.Na.2H/c1-2-3-4-5-6(7)8;;;;;/h2-5H,1H3,(H,7,8);1H;;;;/b3-2+,5-4+;;;;;. The Balaban J connectivity index is -0.0000000817. The summed E-state index contributed by atoms with van der Waals surface area (Å²) in [5.41, 5.74) is 0. The Hall–Kier alpha value is 1.52. The van der Waals surface area contributed by atoms with Crippen molar-refractivity contribution in [2.45, 2.75) is 6.92 Å². The van der Waals surface area contributed by atoms with Gasteiger partial charge in [-0.05, 0) is 6.92 Å². The summed E-state index contributed by atoms with van der Waals surface area (Å²) in [4.78, 5) is 9.75. The molecule has 0 unspecified atom stereocenters. The molecule has 0 bridgehead atoms. The molecule has 56 valence electrons. The van der Waals surface area contributed by atoms with Crippen molar-refractivity contribution < 1.29 is 14.6 Å². The minimum absolute atomic E-state index is 0. The molecule has 0 aromatic rings. The molecule has 0 spiro atoms. The summed E-state index contributed by atoms with van der Waals surface area (Å²) in [6.07, 6.45) is 5.98. The normalized spacial score (nSPS) is 8.09. The van der Waals surface area contributed by atoms with Crippen molar-refractivity contribution in [1.29, 1.82) is 0 Å². The van der Waals surface area contributed by atoms with Crippen molar-refractivity contribution in [2.75, 3.05) is 0 Å². The Kier molecular flexibility index (Phi) is 36.5. The van der Waals surface area contributed by atoms with Gasteiger partial charge in [-0.3, -0.25) is 4.70 Å². The fraction of sp³-hybridized carbons (Fsp3) is 0.167. The number of halogens is 1. The first-order valence-electron chi connectivity index (χ1n) is 2.29. The van der Waals surface area contributed by atoms with Gasteiger partial charge in [0.2, 0.25) is 0 Å². The molecule has 0 saturated heterocycles. The van der Waals surface area contributed by atoms with Crippen LogP contribution < -0.4 is 0 Å². The fourth-order valence-electron chi connectivity index (χ4n) is 0.249. The van der Waals surface area contributed by atoms with Crippen LogP contribution in [0.25, 0.3) is 0 Å². The summed E-state index contributed by atoms with van der Waals surface area (Å²) >= 11 is 0. The van der Waals surface area contributed by atoms with Gasteiger partial charge in [-0.15, -0.1) is 0 Å². The van der Waals surface area contributed by atoms with E-state index in [1.54, 1.807) is 12.2 Å². The van der Waals surface area contributed by atoms with Crippen LogP contribution in [-0.2, 0) is 4.79 Å². The van der Waals surface area contributed by atoms with Crippen LogP contribution in [0.1, 0.15) is 6.92 Å². The fourth-order valence-corrected chi connectivity index (χ4v) is 0.249. The third-order valence-corrected chi connectivity index (χ3v) is 0.542. The molecule has 0 atom stereocenters. The van der Waals surface area contributed by atoms with Crippen LogP contribution in [0, 0.1) is 0 Å². The molecule has 0 saturated carbocycles. The van der Waals surface area contributed by atoms with Gasteiger partial charge in [0.15, 0.2) is 0 Å². The van der Waals surface area contributed by atoms with Crippen LogP contribution in [0.4, 0.5) is 4.70 Å². The minimum atomic E-state index is -0.914. The van der Waals surface area contributed by atoms with Crippen molar-refractivity contribution in [1.82, 2.24) is 0 Å². The first-order valence-corrected chi connectivity index (χ1v) is 2.29. The van der Waals surface area contributed by atoms with Crippen LogP contribution >= 0.6 is 0 Å². The molecule has 2 nitrogen and oxygen atoms in total. The molecule has 5 heteroatoms. The van der Waals surface area contributed by atoms with Crippen molar-refractivity contribution in [3.8, 4) is 0 Å². The van der Waals surface area contributed by atoms with Gasteiger partial charge in [0, 0.05) is 6.08 Å². The van der Waals surface area contributed by atoms with Gasteiger partial charge in [-0.2, -0.15) is 0 Å². The SMILES string of the molecule is C/C=C/C=C/C(=O)O.F.[KH].[NaH]. The summed E-state index contributed by atoms with van der Waals surface area (Å²) < 4.78 is 0. The molecule has 0 radical (unpaired) electrons. The van der Waals surface area contributed by atoms with E-state index >= 15 is 0 Å². The third kappa shape index (κ3) is 24.6. The zero-order valence-corrected chi connectivity index (χ0v) is 5.07. The van der Waals surface area contributed by atoms with Crippen molar-refractivity contribution in [3.05, 3.63) is 24.3 Å². The van der Waals surface area contributed by atoms with Crippen molar-refractivity contribution in [3.63, 3.8) is 0 Å². The Morgan fingerprint density at radius 1 is 1.36 bits per heavy atom. The van der Waals surface area contributed by atoms with E-state index in [4.69, 9.17) is 5.11 Å². The van der Waals surface area contributed by atoms with Gasteiger partial charge in [-0.25, -0.2) is 4.79 Å². The second-order valence-corrected chi connectivity index (χ2v) is 1.22. The number of hydrogen-bond acceptors (Lipinski definition) is 1. The van der Waals surface area contributed by atoms with E-state index in [2.05, 4.69) is 0 Å². The molecule has 0 aliphatic heterocycles. The van der Waals surface area contributed by atoms with Crippen LogP contribution in [-0.4, -0.2) is 92.0 Å². The molecule has 0 aromatic heterocycles. The average Bonchev–Trinajstić information content (AvgIpc) is 1.66. The summed E-state index contributed by atoms with van der Waals surface area (Å²) in [7, 11) is 0. The molecule has 0 fully saturated rings. The predicted octanol–water partition coefficient (Wildman–Crippen LogP) is 0.0588. The van der Waals surface area contributed by atoms with E-state index in [0.29, 0.717) is 0 Å². The second kappa shape index (κ2) is 17.6. The average molecular weight is 196 g/mol. The first kappa shape index (κ1) is 22.9. The number of carboxylic acids is 1. The number of carboxylic acid groups (broad SMARTS) is 1. The van der Waals surface area contributed by atoms with Gasteiger partial charge in [0.05, 0.1) is 0 Å². The van der Waals surface area contributed by atoms with E-state index in [1.165, 1.54) is 6.08 Å². The zero-order valence-electron chi connectivity index (χ0n) is 5.07. The Labute approximate surface area is 130 Å². The Morgan fingerprint density at radius 2 is 1.82 bits per heavy atom. The molecular formula is C6H11FKNaO2. The first-order chi connectivity index (χ1) is 3.77. The molecule has 0 amide bonds. The number of allylic oxidation sites excluding steroid dienone is 3. The monoisotopic (exact) mass is 196 g/mol. The van der Waals surface area contributed by atoms with Gasteiger partial charge in [-0.1, -0.05) is 18.2 Å². The van der Waals surface area contributed by atoms with Gasteiger partial charge in [0.1, 0.15) is 0 Å². The van der Waals surface area contributed by atoms with Gasteiger partial charge < -0.3 is 5.11 Å². The molecule has 0 rings (SSSR count). The van der Waals surface area contributed by atoms with Gasteiger partial charge in [0.25, 0.3) is 0 Å². The van der Waals surface area contributed by atoms with Crippen molar-refractivity contribution in [2.24, 2.45) is 0 Å². The summed E-state index contributed by atoms with van der Waals surface area (Å²) in [5.74, 6) is -0.914. The van der Waals surface area contributed by atoms with E-state index in [1.807, 2.05) is 6.92 Å². The van der Waals surface area contributed by atoms with E-state index in [9.17, 15) is 4.79 Å². The maximum atomic E-state index is 9.75. The van der Waals surface area contributed by atoms with Gasteiger partial charge >= 0.3 is 86.9 Å². The number of rotatable bonds is 2. The van der Waals surface area contributed by atoms with Crippen molar-refractivity contribution >= 4 is 86.9 Å². The summed E-state index contributed by atoms with van der Waals surface area (Å²) in [6.45, 7) is 1.83. The second-order valence-electron chi connectivity index (χ2n) is 1.22. The molecule has 0 aliphatic carbocycles. The topological polar surface area (TPSA) is 37.3 Å². The van der Waals surface area contributed by atoms with Crippen LogP contribution in [0.5, 0.6) is 0 Å². The maximum absolute atomic E-state index is 9.75. The number of carbonyl (C=O) groups is 1. The van der Waals surface area contributed by atoms with Crippen LogP contribution in [0.15, 0.2) is 24.3 Å². The third-order valence-electron chi connectivity index (χ3n) is 0.542. The molecule has 11 heavy (non-hydrogen) atoms. The van der Waals surface area contributed by atoms with E-state index in [0.717, 1.165) is 6.08 Å². The summed E-state index contributed by atoms with van der Waals surface area (Å²) in [5, 5.41) is 8.02. The zero-order chi connectivity index (χ0) is 6.41. The quantitative estimate of drug-likeness (QED) is 0.385. The van der Waals surface area contributed by atoms with E-state index in [-0.39, 0.29) is 85.6 Å². The molecule has 0 heterocycles. The van der Waals surface area contributed by atoms with Crippen LogP contribution in [0.3, 0.4) is 0 Å². The molecule has 1 N–H and O–H groups in total. The summed E-state index contributed by atoms with van der Waals surface area (Å²) in [6, 6.07) is 0. The number of aliphatic carboxylic acids is 1. The Morgan fingerprint density at radius 3 is 2.09 bits per heavy atom. The van der Waals surface area contributed by atoms with Crippen LogP contribution in [0.2, 0.25) is 0 Å². The molecule has 0 aliphatic rings. The molecular weight excluding hydrogens is 185 g/mol. The Bertz CT molecular complexity index is 137. The van der Waals surface area contributed by atoms with E-state index < -0.39 is 5.97 Å². The predicted molar refractivity (Wildman–Crippen MR) is 48.4 cm³/mol. The number of hydrogen-bond donors (Lipinski definition) is 1.